The van der Waals surface area contributed by atoms with E-state index in [0.717, 1.165) is 33.7 Å². The molecule has 1 N–H and O–H groups in total. The van der Waals surface area contributed by atoms with Crippen molar-refractivity contribution >= 4 is 29.3 Å². The number of fused-ring (bicyclic) bond motifs is 2. The van der Waals surface area contributed by atoms with Crippen molar-refractivity contribution in [3.63, 3.8) is 0 Å². The molecule has 0 aromatic heterocycles. The summed E-state index contributed by atoms with van der Waals surface area (Å²) in [6.07, 6.45) is -0.982. The van der Waals surface area contributed by atoms with E-state index in [2.05, 4.69) is 20.8 Å². The van der Waals surface area contributed by atoms with Crippen LogP contribution in [0.1, 0.15) is 49.4 Å². The molecule has 4 atom stereocenters. The number of carbonyl (C=O) groups is 3. The van der Waals surface area contributed by atoms with E-state index >= 15 is 4.79 Å². The number of para-hydroxylation sites is 1. The summed E-state index contributed by atoms with van der Waals surface area (Å²) in [5, 5.41) is 9.98. The number of rotatable bonds is 12. The Bertz CT molecular complexity index is 1970. The van der Waals surface area contributed by atoms with Gasteiger partial charge in [0, 0.05) is 36.2 Å². The molecule has 0 radical (unpaired) electrons. The van der Waals surface area contributed by atoms with Crippen LogP contribution in [0.2, 0.25) is 0 Å². The summed E-state index contributed by atoms with van der Waals surface area (Å²) in [5.74, 6) is -0.207. The standard InChI is InChI=1S/C43H47N3O7/c1-29-39(42(2,3)32-17-19-34(51-4)20-18-32)37(26-38(48)44(21-23-47)27-30-11-6-5-7-12-30)53-43(29)35-15-8-9-16-36(35)46(40(43)49)28-31-13-10-14-33(25-31)45-22-24-52-41(45)50/h5-20,25,29,37,39,47H,21-24,26-28H2,1-4H3/t29-,37+,39-,43+/m1/s1. The van der Waals surface area contributed by atoms with Crippen molar-refractivity contribution in [3.05, 3.63) is 125 Å². The van der Waals surface area contributed by atoms with Crippen LogP contribution >= 0.6 is 0 Å². The number of cyclic esters (lactones) is 1. The Morgan fingerprint density at radius 1 is 0.962 bits per heavy atom. The van der Waals surface area contributed by atoms with Gasteiger partial charge in [-0.05, 0) is 52.4 Å². The minimum Gasteiger partial charge on any atom is -0.497 e. The minimum absolute atomic E-state index is 0.0343. The maximum Gasteiger partial charge on any atom is 0.414 e. The van der Waals surface area contributed by atoms with E-state index < -0.39 is 17.1 Å². The molecule has 276 valence electrons. The van der Waals surface area contributed by atoms with Crippen molar-refractivity contribution in [1.82, 2.24) is 4.90 Å². The SMILES string of the molecule is COc1ccc(C(C)(C)[C@H]2[C@H](CC(=O)N(CCO)Cc3ccccc3)O[C@@]3(C(=O)N(Cc4cccc(N5CCOC5=O)c4)c4ccccc43)[C@@H]2C)cc1. The van der Waals surface area contributed by atoms with Crippen molar-refractivity contribution in [1.29, 1.82) is 0 Å². The van der Waals surface area contributed by atoms with Crippen LogP contribution in [0.5, 0.6) is 5.75 Å². The Kier molecular flexibility index (Phi) is 10.0. The molecule has 3 aliphatic heterocycles. The molecule has 3 amide bonds. The van der Waals surface area contributed by atoms with Crippen LogP contribution in [-0.2, 0) is 43.2 Å². The molecule has 53 heavy (non-hydrogen) atoms. The van der Waals surface area contributed by atoms with Crippen LogP contribution in [0.25, 0.3) is 0 Å². The molecule has 10 heteroatoms. The molecule has 0 bridgehead atoms. The van der Waals surface area contributed by atoms with Gasteiger partial charge in [-0.2, -0.15) is 0 Å². The fourth-order valence-corrected chi connectivity index (χ4v) is 8.78. The lowest BCUT2D eigenvalue weighted by Crippen LogP contribution is -2.45. The molecule has 2 fully saturated rings. The fourth-order valence-electron chi connectivity index (χ4n) is 8.78. The third-order valence-electron chi connectivity index (χ3n) is 11.4. The first-order valence-corrected chi connectivity index (χ1v) is 18.3. The normalized spacial score (nSPS) is 22.3. The highest BCUT2D eigenvalue weighted by molar-refractivity contribution is 6.07. The van der Waals surface area contributed by atoms with Gasteiger partial charge < -0.3 is 29.1 Å². The first-order chi connectivity index (χ1) is 25.6. The van der Waals surface area contributed by atoms with Gasteiger partial charge in [-0.15, -0.1) is 0 Å². The molecule has 1 spiro atoms. The van der Waals surface area contributed by atoms with Crippen LogP contribution in [0.4, 0.5) is 16.2 Å². The van der Waals surface area contributed by atoms with E-state index in [1.54, 1.807) is 21.8 Å². The summed E-state index contributed by atoms with van der Waals surface area (Å²) in [7, 11) is 1.64. The molecule has 10 nitrogen and oxygen atoms in total. The zero-order chi connectivity index (χ0) is 37.3. The minimum atomic E-state index is -1.35. The number of hydrogen-bond acceptors (Lipinski definition) is 7. The van der Waals surface area contributed by atoms with E-state index in [1.807, 2.05) is 103 Å². The second-order valence-electron chi connectivity index (χ2n) is 14.7. The Balaban J connectivity index is 1.26. The van der Waals surface area contributed by atoms with Gasteiger partial charge in [-0.1, -0.05) is 93.6 Å². The zero-order valence-electron chi connectivity index (χ0n) is 30.7. The van der Waals surface area contributed by atoms with E-state index in [0.29, 0.717) is 25.4 Å². The van der Waals surface area contributed by atoms with Crippen LogP contribution < -0.4 is 14.5 Å². The van der Waals surface area contributed by atoms with Gasteiger partial charge >= 0.3 is 6.09 Å². The average Bonchev–Trinajstić information content (AvgIpc) is 3.80. The highest BCUT2D eigenvalue weighted by atomic mass is 16.6. The van der Waals surface area contributed by atoms with E-state index in [-0.39, 0.29) is 55.9 Å². The zero-order valence-corrected chi connectivity index (χ0v) is 30.7. The van der Waals surface area contributed by atoms with Crippen molar-refractivity contribution in [2.75, 3.05) is 43.2 Å². The number of hydrogen-bond donors (Lipinski definition) is 1. The Labute approximate surface area is 310 Å². The molecule has 0 aliphatic carbocycles. The molecule has 4 aromatic carbocycles. The quantitative estimate of drug-likeness (QED) is 0.180. The Morgan fingerprint density at radius 3 is 2.38 bits per heavy atom. The largest absolute Gasteiger partial charge is 0.497 e. The number of ether oxygens (including phenoxy) is 3. The smallest absolute Gasteiger partial charge is 0.414 e. The number of carbonyl (C=O) groups excluding carboxylic acids is 3. The molecule has 2 saturated heterocycles. The topological polar surface area (TPSA) is 109 Å². The first-order valence-electron chi connectivity index (χ1n) is 18.3. The number of methoxy groups -OCH3 is 1. The second-order valence-corrected chi connectivity index (χ2v) is 14.7. The number of aliphatic hydroxyl groups is 1. The molecule has 0 unspecified atom stereocenters. The summed E-state index contributed by atoms with van der Waals surface area (Å²) in [4.78, 5) is 46.8. The summed E-state index contributed by atoms with van der Waals surface area (Å²) < 4.78 is 17.8. The van der Waals surface area contributed by atoms with Crippen molar-refractivity contribution in [2.45, 2.75) is 57.4 Å². The number of aliphatic hydroxyl groups excluding tert-OH is 1. The maximum absolute atomic E-state index is 15.2. The van der Waals surface area contributed by atoms with Gasteiger partial charge in [0.1, 0.15) is 12.4 Å². The number of anilines is 2. The van der Waals surface area contributed by atoms with Crippen molar-refractivity contribution in [3.8, 4) is 5.75 Å². The van der Waals surface area contributed by atoms with Gasteiger partial charge in [0.05, 0.1) is 45.0 Å². The lowest BCUT2D eigenvalue weighted by Gasteiger charge is -2.39. The summed E-state index contributed by atoms with van der Waals surface area (Å²) in [6.45, 7) is 7.81. The predicted octanol–water partition coefficient (Wildman–Crippen LogP) is 6.43. The maximum atomic E-state index is 15.2. The lowest BCUT2D eigenvalue weighted by molar-refractivity contribution is -0.150. The number of benzene rings is 4. The summed E-state index contributed by atoms with van der Waals surface area (Å²) in [6, 6.07) is 33.1. The molecule has 3 heterocycles. The third kappa shape index (κ3) is 6.55. The monoisotopic (exact) mass is 717 g/mol. The lowest BCUT2D eigenvalue weighted by atomic mass is 9.63. The van der Waals surface area contributed by atoms with Gasteiger partial charge in [0.15, 0.2) is 5.60 Å². The van der Waals surface area contributed by atoms with Gasteiger partial charge in [0.2, 0.25) is 5.91 Å². The fraction of sp³-hybridized carbons (Fsp3) is 0.372. The van der Waals surface area contributed by atoms with Crippen LogP contribution in [0.15, 0.2) is 103 Å². The summed E-state index contributed by atoms with van der Waals surface area (Å²) in [5.41, 5.74) is 3.22. The highest BCUT2D eigenvalue weighted by Crippen LogP contribution is 2.60. The van der Waals surface area contributed by atoms with Crippen LogP contribution in [0, 0.1) is 11.8 Å². The molecule has 0 saturated carbocycles. The molecule has 7 rings (SSSR count). The van der Waals surface area contributed by atoms with E-state index in [1.165, 1.54) is 0 Å². The highest BCUT2D eigenvalue weighted by Gasteiger charge is 2.66. The first kappa shape index (κ1) is 36.2. The average molecular weight is 718 g/mol. The van der Waals surface area contributed by atoms with E-state index in [9.17, 15) is 14.7 Å². The van der Waals surface area contributed by atoms with E-state index in [4.69, 9.17) is 14.2 Å². The molecule has 4 aromatic rings. The predicted molar refractivity (Wildman–Crippen MR) is 202 cm³/mol. The van der Waals surface area contributed by atoms with Gasteiger partial charge in [0.25, 0.3) is 5.91 Å². The summed E-state index contributed by atoms with van der Waals surface area (Å²) >= 11 is 0. The molecular formula is C43H47N3O7. The van der Waals surface area contributed by atoms with Gasteiger partial charge in [-0.3, -0.25) is 14.5 Å². The number of amides is 3. The Morgan fingerprint density at radius 2 is 1.68 bits per heavy atom. The van der Waals surface area contributed by atoms with Crippen LogP contribution in [-0.4, -0.2) is 67.4 Å². The Hall–Kier alpha value is -5.19. The third-order valence-corrected chi connectivity index (χ3v) is 11.4. The molecular weight excluding hydrogens is 670 g/mol. The van der Waals surface area contributed by atoms with Crippen LogP contribution in [0.3, 0.4) is 0 Å². The van der Waals surface area contributed by atoms with Crippen molar-refractivity contribution in [2.24, 2.45) is 11.8 Å². The number of nitrogens with zero attached hydrogens (tertiary/aromatic N) is 3. The van der Waals surface area contributed by atoms with Gasteiger partial charge in [-0.25, -0.2) is 4.79 Å². The molecule has 3 aliphatic rings. The van der Waals surface area contributed by atoms with Crippen molar-refractivity contribution < 1.29 is 33.7 Å². The second kappa shape index (κ2) is 14.7.